The van der Waals surface area contributed by atoms with Crippen LogP contribution in [0.5, 0.6) is 0 Å². The molecule has 0 spiro atoms. The molecular formula is C4H13ClO2. The largest absolute Gasteiger partial charge is 0.397 e. The van der Waals surface area contributed by atoms with E-state index in [-0.39, 0.29) is 25.6 Å². The van der Waals surface area contributed by atoms with Crippen LogP contribution in [0.1, 0.15) is 13.8 Å². The van der Waals surface area contributed by atoms with Crippen LogP contribution < -0.4 is 0 Å². The molecule has 0 rings (SSSR count). The minimum atomic E-state index is 0. The maximum atomic E-state index is 7.57. The van der Waals surface area contributed by atoms with E-state index < -0.39 is 0 Å². The van der Waals surface area contributed by atoms with Gasteiger partial charge in [-0.05, 0) is 13.8 Å². The van der Waals surface area contributed by atoms with Crippen LogP contribution in [-0.4, -0.2) is 23.4 Å². The Morgan fingerprint density at radius 2 is 1.00 bits per heavy atom. The predicted octanol–water partition coefficient (Wildman–Crippen LogP) is 0.419. The quantitative estimate of drug-likeness (QED) is 0.497. The van der Waals surface area contributed by atoms with E-state index in [2.05, 4.69) is 0 Å². The molecule has 0 aromatic heterocycles. The van der Waals surface area contributed by atoms with E-state index >= 15 is 0 Å². The lowest BCUT2D eigenvalue weighted by molar-refractivity contribution is 0.318. The second-order valence-electron chi connectivity index (χ2n) is 0.632. The summed E-state index contributed by atoms with van der Waals surface area (Å²) in [6, 6.07) is 0. The van der Waals surface area contributed by atoms with Crippen LogP contribution >= 0.6 is 12.4 Å². The molecule has 0 aromatic rings. The fourth-order valence-corrected chi connectivity index (χ4v) is 0. The third kappa shape index (κ3) is 2500. The van der Waals surface area contributed by atoms with Crippen molar-refractivity contribution < 1.29 is 10.2 Å². The van der Waals surface area contributed by atoms with Crippen LogP contribution in [0.15, 0.2) is 0 Å². The van der Waals surface area contributed by atoms with Gasteiger partial charge in [0.25, 0.3) is 0 Å². The summed E-state index contributed by atoms with van der Waals surface area (Å²) in [6.07, 6.45) is 0. The van der Waals surface area contributed by atoms with E-state index in [1.54, 1.807) is 13.8 Å². The zero-order valence-corrected chi connectivity index (χ0v) is 5.53. The Balaban J connectivity index is -0.0000000400. The summed E-state index contributed by atoms with van der Waals surface area (Å²) in [7, 11) is 0. The van der Waals surface area contributed by atoms with Crippen LogP contribution in [-0.2, 0) is 0 Å². The molecule has 7 heavy (non-hydrogen) atoms. The Bertz CT molecular complexity index is 11.7. The van der Waals surface area contributed by atoms with Gasteiger partial charge in [0.2, 0.25) is 0 Å². The molecule has 0 heterocycles. The molecule has 0 aliphatic rings. The standard InChI is InChI=1S/2C2H6O.ClH/c2*1-2-3;/h2*3H,2H2,1H3;1H. The molecule has 48 valence electrons. The summed E-state index contributed by atoms with van der Waals surface area (Å²) in [6.45, 7) is 3.86. The lowest BCUT2D eigenvalue weighted by atomic mass is 10.9. The highest BCUT2D eigenvalue weighted by Gasteiger charge is 1.34. The maximum absolute atomic E-state index is 7.57. The smallest absolute Gasteiger partial charge is 0.0402 e. The summed E-state index contributed by atoms with van der Waals surface area (Å²) in [4.78, 5) is 0. The molecule has 2 N–H and O–H groups in total. The van der Waals surface area contributed by atoms with E-state index in [1.807, 2.05) is 0 Å². The molecule has 0 aliphatic heterocycles. The van der Waals surface area contributed by atoms with E-state index in [9.17, 15) is 0 Å². The zero-order valence-electron chi connectivity index (χ0n) is 4.72. The molecule has 0 aliphatic carbocycles. The number of aliphatic hydroxyl groups excluding tert-OH is 2. The van der Waals surface area contributed by atoms with Gasteiger partial charge in [0.05, 0.1) is 0 Å². The molecule has 0 aromatic carbocycles. The van der Waals surface area contributed by atoms with Crippen LogP contribution in [0.25, 0.3) is 0 Å². The predicted molar refractivity (Wildman–Crippen MR) is 32.8 cm³/mol. The summed E-state index contributed by atoms with van der Waals surface area (Å²) >= 11 is 0. The lowest BCUT2D eigenvalue weighted by Crippen LogP contribution is -1.57. The average molecular weight is 129 g/mol. The minimum Gasteiger partial charge on any atom is -0.397 e. The molecule has 0 saturated carbocycles. The van der Waals surface area contributed by atoms with Gasteiger partial charge in [-0.15, -0.1) is 12.4 Å². The van der Waals surface area contributed by atoms with Gasteiger partial charge >= 0.3 is 0 Å². The minimum absolute atomic E-state index is 0. The first-order chi connectivity index (χ1) is 2.83. The molecule has 2 nitrogen and oxygen atoms in total. The third-order valence-corrected chi connectivity index (χ3v) is 0. The Kier molecular flexibility index (Phi) is 77.3. The van der Waals surface area contributed by atoms with Crippen molar-refractivity contribution in [2.75, 3.05) is 13.2 Å². The molecule has 3 heteroatoms. The molecule has 0 bridgehead atoms. The highest BCUT2D eigenvalue weighted by atomic mass is 35.5. The van der Waals surface area contributed by atoms with E-state index in [1.165, 1.54) is 0 Å². The molecular weight excluding hydrogens is 115 g/mol. The SMILES string of the molecule is CCO.CCO.Cl. The lowest BCUT2D eigenvalue weighted by Gasteiger charge is -1.52. The Morgan fingerprint density at radius 3 is 1.00 bits per heavy atom. The van der Waals surface area contributed by atoms with Crippen molar-refractivity contribution in [2.45, 2.75) is 13.8 Å². The van der Waals surface area contributed by atoms with Crippen molar-refractivity contribution in [1.82, 2.24) is 0 Å². The van der Waals surface area contributed by atoms with Crippen LogP contribution in [0.2, 0.25) is 0 Å². The molecule has 0 saturated heterocycles. The van der Waals surface area contributed by atoms with Gasteiger partial charge in [0.1, 0.15) is 0 Å². The number of aliphatic hydroxyl groups is 2. The van der Waals surface area contributed by atoms with Gasteiger partial charge in [-0.2, -0.15) is 0 Å². The van der Waals surface area contributed by atoms with Crippen molar-refractivity contribution in [3.05, 3.63) is 0 Å². The molecule has 0 unspecified atom stereocenters. The third-order valence-electron chi connectivity index (χ3n) is 0. The first kappa shape index (κ1) is 15.7. The topological polar surface area (TPSA) is 40.5 Å². The summed E-state index contributed by atoms with van der Waals surface area (Å²) in [5.41, 5.74) is 0. The highest BCUT2D eigenvalue weighted by Crippen LogP contribution is 1.30. The average Bonchev–Trinajstić information content (AvgIpc) is 1.39. The fraction of sp³-hybridized carbons (Fsp3) is 1.00. The summed E-state index contributed by atoms with van der Waals surface area (Å²) in [5.74, 6) is 0. The van der Waals surface area contributed by atoms with Gasteiger partial charge in [0, 0.05) is 13.2 Å². The second kappa shape index (κ2) is 34.5. The van der Waals surface area contributed by atoms with Crippen molar-refractivity contribution in [3.63, 3.8) is 0 Å². The molecule has 0 atom stereocenters. The highest BCUT2D eigenvalue weighted by molar-refractivity contribution is 5.85. The van der Waals surface area contributed by atoms with Crippen LogP contribution in [0.3, 0.4) is 0 Å². The number of hydrogen-bond donors (Lipinski definition) is 2. The van der Waals surface area contributed by atoms with E-state index in [0.29, 0.717) is 0 Å². The summed E-state index contributed by atoms with van der Waals surface area (Å²) in [5, 5.41) is 15.1. The van der Waals surface area contributed by atoms with Gasteiger partial charge < -0.3 is 10.2 Å². The van der Waals surface area contributed by atoms with Crippen molar-refractivity contribution in [1.29, 1.82) is 0 Å². The first-order valence-corrected chi connectivity index (χ1v) is 2.05. The van der Waals surface area contributed by atoms with Crippen LogP contribution in [0.4, 0.5) is 0 Å². The second-order valence-corrected chi connectivity index (χ2v) is 0.632. The Morgan fingerprint density at radius 1 is 1.00 bits per heavy atom. The van der Waals surface area contributed by atoms with Crippen molar-refractivity contribution in [2.24, 2.45) is 0 Å². The van der Waals surface area contributed by atoms with Crippen LogP contribution in [0, 0.1) is 0 Å². The zero-order chi connectivity index (χ0) is 5.41. The number of hydrogen-bond acceptors (Lipinski definition) is 2. The molecule has 0 radical (unpaired) electrons. The number of rotatable bonds is 0. The summed E-state index contributed by atoms with van der Waals surface area (Å²) < 4.78 is 0. The first-order valence-electron chi connectivity index (χ1n) is 2.05. The van der Waals surface area contributed by atoms with Crippen molar-refractivity contribution >= 4 is 12.4 Å². The van der Waals surface area contributed by atoms with Gasteiger partial charge in [-0.3, -0.25) is 0 Å². The molecule has 0 fully saturated rings. The Labute approximate surface area is 50.6 Å². The van der Waals surface area contributed by atoms with Crippen molar-refractivity contribution in [3.8, 4) is 0 Å². The monoisotopic (exact) mass is 128 g/mol. The van der Waals surface area contributed by atoms with Gasteiger partial charge in [-0.1, -0.05) is 0 Å². The van der Waals surface area contributed by atoms with Gasteiger partial charge in [-0.25, -0.2) is 0 Å². The Hall–Kier alpha value is 0.210. The molecule has 0 amide bonds. The van der Waals surface area contributed by atoms with Gasteiger partial charge in [0.15, 0.2) is 0 Å². The van der Waals surface area contributed by atoms with E-state index in [0.717, 1.165) is 0 Å². The normalized spacial score (nSPS) is 5.14. The maximum Gasteiger partial charge on any atom is 0.0402 e. The van der Waals surface area contributed by atoms with E-state index in [4.69, 9.17) is 10.2 Å². The fourth-order valence-electron chi connectivity index (χ4n) is 0. The number of halogens is 1.